The van der Waals surface area contributed by atoms with Crippen LogP contribution in [0.5, 0.6) is 5.75 Å². The number of nitrogens with zero attached hydrogens (tertiary/aromatic N) is 2. The van der Waals surface area contributed by atoms with Crippen molar-refractivity contribution in [3.05, 3.63) is 70.8 Å². The van der Waals surface area contributed by atoms with Crippen molar-refractivity contribution in [1.82, 2.24) is 9.80 Å². The number of methoxy groups -OCH3 is 1. The molecule has 1 aliphatic heterocycles. The third kappa shape index (κ3) is 6.55. The molecule has 1 unspecified atom stereocenters. The monoisotopic (exact) mass is 492 g/mol. The van der Waals surface area contributed by atoms with Crippen LogP contribution in [-0.4, -0.2) is 59.9 Å². The van der Waals surface area contributed by atoms with Gasteiger partial charge in [-0.1, -0.05) is 56.5 Å². The number of aliphatic hydroxyl groups is 1. The standard InChI is InChI=1S/C30H40N2O4/c1-5-7-18-31(19-8-6-2)20-9-21-32-27(23-12-10-22(3)11-13-23)26(29(34)30(32)35)28(33)24-14-16-25(36-4)17-15-24/h10-17,27,33H,5-9,18-21H2,1-4H3/b28-26-. The van der Waals surface area contributed by atoms with E-state index in [0.717, 1.165) is 62.9 Å². The van der Waals surface area contributed by atoms with Crippen molar-refractivity contribution in [3.63, 3.8) is 0 Å². The van der Waals surface area contributed by atoms with Gasteiger partial charge >= 0.3 is 0 Å². The van der Waals surface area contributed by atoms with Crippen LogP contribution in [0, 0.1) is 6.92 Å². The third-order valence-electron chi connectivity index (χ3n) is 6.83. The van der Waals surface area contributed by atoms with E-state index >= 15 is 0 Å². The minimum absolute atomic E-state index is 0.142. The van der Waals surface area contributed by atoms with Crippen LogP contribution in [0.2, 0.25) is 0 Å². The second kappa shape index (κ2) is 13.3. The summed E-state index contributed by atoms with van der Waals surface area (Å²) in [4.78, 5) is 30.6. The van der Waals surface area contributed by atoms with Crippen molar-refractivity contribution in [2.24, 2.45) is 0 Å². The van der Waals surface area contributed by atoms with E-state index in [2.05, 4.69) is 18.7 Å². The maximum Gasteiger partial charge on any atom is 0.295 e. The van der Waals surface area contributed by atoms with Crippen LogP contribution < -0.4 is 4.74 Å². The highest BCUT2D eigenvalue weighted by molar-refractivity contribution is 6.46. The molecule has 1 aliphatic rings. The molecule has 0 aromatic heterocycles. The average Bonchev–Trinajstić information content (AvgIpc) is 3.15. The molecule has 0 radical (unpaired) electrons. The number of benzene rings is 2. The molecule has 1 heterocycles. The van der Waals surface area contributed by atoms with E-state index in [1.165, 1.54) is 0 Å². The van der Waals surface area contributed by atoms with Crippen molar-refractivity contribution in [1.29, 1.82) is 0 Å². The summed E-state index contributed by atoms with van der Waals surface area (Å²) < 4.78 is 5.21. The Kier molecular flexibility index (Phi) is 10.1. The van der Waals surface area contributed by atoms with Crippen molar-refractivity contribution >= 4 is 17.4 Å². The number of likely N-dealkylation sites (tertiary alicyclic amines) is 1. The maximum absolute atomic E-state index is 13.2. The van der Waals surface area contributed by atoms with Crippen molar-refractivity contribution in [3.8, 4) is 5.75 Å². The number of rotatable bonds is 13. The highest BCUT2D eigenvalue weighted by Crippen LogP contribution is 2.39. The van der Waals surface area contributed by atoms with Gasteiger partial charge in [0, 0.05) is 12.1 Å². The van der Waals surface area contributed by atoms with E-state index in [1.807, 2.05) is 31.2 Å². The lowest BCUT2D eigenvalue weighted by Crippen LogP contribution is -2.34. The van der Waals surface area contributed by atoms with Gasteiger partial charge in [-0.3, -0.25) is 9.59 Å². The molecular formula is C30H40N2O4. The lowest BCUT2D eigenvalue weighted by molar-refractivity contribution is -0.140. The van der Waals surface area contributed by atoms with Crippen molar-refractivity contribution in [2.75, 3.05) is 33.3 Å². The molecule has 1 saturated heterocycles. The fourth-order valence-electron chi connectivity index (χ4n) is 4.67. The normalized spacial score (nSPS) is 17.2. The molecule has 1 N–H and O–H groups in total. The number of aryl methyl sites for hydroxylation is 1. The summed E-state index contributed by atoms with van der Waals surface area (Å²) in [6, 6.07) is 14.1. The zero-order valence-corrected chi connectivity index (χ0v) is 22.1. The Balaban J connectivity index is 1.90. The number of carbonyl (C=O) groups excluding carboxylic acids is 2. The molecule has 1 atom stereocenters. The van der Waals surface area contributed by atoms with Gasteiger partial charge in [-0.2, -0.15) is 0 Å². The summed E-state index contributed by atoms with van der Waals surface area (Å²) in [6.45, 7) is 9.82. The summed E-state index contributed by atoms with van der Waals surface area (Å²) in [7, 11) is 1.57. The summed E-state index contributed by atoms with van der Waals surface area (Å²) >= 11 is 0. The van der Waals surface area contributed by atoms with Gasteiger partial charge in [-0.15, -0.1) is 0 Å². The van der Waals surface area contributed by atoms with Crippen LogP contribution in [0.1, 0.15) is 68.7 Å². The summed E-state index contributed by atoms with van der Waals surface area (Å²) in [5.41, 5.74) is 2.54. The molecule has 1 amide bonds. The van der Waals surface area contributed by atoms with Gasteiger partial charge in [-0.25, -0.2) is 0 Å². The Hall–Kier alpha value is -3.12. The van der Waals surface area contributed by atoms with Gasteiger partial charge in [0.1, 0.15) is 11.5 Å². The van der Waals surface area contributed by atoms with E-state index in [-0.39, 0.29) is 11.3 Å². The molecule has 2 aromatic carbocycles. The molecule has 3 rings (SSSR count). The van der Waals surface area contributed by atoms with Gasteiger partial charge in [0.25, 0.3) is 11.7 Å². The average molecular weight is 493 g/mol. The second-order valence-electron chi connectivity index (χ2n) is 9.53. The number of unbranched alkanes of at least 4 members (excludes halogenated alkanes) is 2. The first-order valence-electron chi connectivity index (χ1n) is 13.1. The molecular weight excluding hydrogens is 452 g/mol. The largest absolute Gasteiger partial charge is 0.507 e. The molecule has 0 spiro atoms. The SMILES string of the molecule is CCCCN(CCCC)CCCN1C(=O)C(=O)/C(=C(\O)c2ccc(OC)cc2)C1c1ccc(C)cc1. The van der Waals surface area contributed by atoms with E-state index in [4.69, 9.17) is 4.74 Å². The quantitative estimate of drug-likeness (QED) is 0.220. The number of carbonyl (C=O) groups is 2. The van der Waals surface area contributed by atoms with Gasteiger partial charge in [0.05, 0.1) is 18.7 Å². The van der Waals surface area contributed by atoms with E-state index in [0.29, 0.717) is 17.9 Å². The van der Waals surface area contributed by atoms with Gasteiger partial charge in [-0.05, 0) is 75.6 Å². The molecule has 0 bridgehead atoms. The number of aliphatic hydroxyl groups excluding tert-OH is 1. The smallest absolute Gasteiger partial charge is 0.295 e. The molecule has 0 saturated carbocycles. The van der Waals surface area contributed by atoms with Crippen molar-refractivity contribution < 1.29 is 19.4 Å². The van der Waals surface area contributed by atoms with Gasteiger partial charge in [0.2, 0.25) is 0 Å². The molecule has 6 heteroatoms. The fourth-order valence-corrected chi connectivity index (χ4v) is 4.67. The first kappa shape index (κ1) is 27.5. The number of ether oxygens (including phenoxy) is 1. The predicted octanol–water partition coefficient (Wildman–Crippen LogP) is 5.72. The molecule has 36 heavy (non-hydrogen) atoms. The Morgan fingerprint density at radius 2 is 1.50 bits per heavy atom. The van der Waals surface area contributed by atoms with Crippen LogP contribution in [0.4, 0.5) is 0 Å². The highest BCUT2D eigenvalue weighted by atomic mass is 16.5. The highest BCUT2D eigenvalue weighted by Gasteiger charge is 2.45. The summed E-state index contributed by atoms with van der Waals surface area (Å²) in [5, 5.41) is 11.2. The van der Waals surface area contributed by atoms with Gasteiger partial charge < -0.3 is 19.6 Å². The zero-order chi connectivity index (χ0) is 26.1. The molecule has 194 valence electrons. The zero-order valence-electron chi connectivity index (χ0n) is 22.1. The summed E-state index contributed by atoms with van der Waals surface area (Å²) in [6.07, 6.45) is 5.37. The van der Waals surface area contributed by atoms with E-state index in [9.17, 15) is 14.7 Å². The minimum Gasteiger partial charge on any atom is -0.507 e. The van der Waals surface area contributed by atoms with Gasteiger partial charge in [0.15, 0.2) is 0 Å². The predicted molar refractivity (Wildman–Crippen MR) is 144 cm³/mol. The second-order valence-corrected chi connectivity index (χ2v) is 9.53. The fraction of sp³-hybridized carbons (Fsp3) is 0.467. The topological polar surface area (TPSA) is 70.1 Å². The Morgan fingerprint density at radius 3 is 2.06 bits per heavy atom. The van der Waals surface area contributed by atoms with Crippen LogP contribution in [0.3, 0.4) is 0 Å². The Morgan fingerprint density at radius 1 is 0.917 bits per heavy atom. The van der Waals surface area contributed by atoms with E-state index < -0.39 is 17.7 Å². The first-order chi connectivity index (χ1) is 17.4. The lowest BCUT2D eigenvalue weighted by atomic mass is 9.94. The van der Waals surface area contributed by atoms with Crippen LogP contribution in [-0.2, 0) is 9.59 Å². The number of hydrogen-bond donors (Lipinski definition) is 1. The molecule has 1 fully saturated rings. The summed E-state index contributed by atoms with van der Waals surface area (Å²) in [5.74, 6) is -0.693. The number of ketones is 1. The van der Waals surface area contributed by atoms with Crippen LogP contribution in [0.15, 0.2) is 54.1 Å². The molecule has 0 aliphatic carbocycles. The van der Waals surface area contributed by atoms with Crippen LogP contribution in [0.25, 0.3) is 5.76 Å². The molecule has 2 aromatic rings. The molecule has 6 nitrogen and oxygen atoms in total. The Labute approximate surface area is 215 Å². The van der Waals surface area contributed by atoms with Crippen molar-refractivity contribution in [2.45, 2.75) is 58.9 Å². The van der Waals surface area contributed by atoms with Crippen LogP contribution >= 0.6 is 0 Å². The number of amides is 1. The number of hydrogen-bond acceptors (Lipinski definition) is 5. The van der Waals surface area contributed by atoms with E-state index in [1.54, 1.807) is 36.3 Å². The minimum atomic E-state index is -0.636. The Bertz CT molecular complexity index is 1040. The first-order valence-corrected chi connectivity index (χ1v) is 13.1. The number of Topliss-reactive ketones (excluding diaryl/α,β-unsaturated/α-hetero) is 1. The lowest BCUT2D eigenvalue weighted by Gasteiger charge is -2.27. The maximum atomic E-state index is 13.2. The third-order valence-corrected chi connectivity index (χ3v) is 6.83.